The molecule has 21 heavy (non-hydrogen) atoms. The van der Waals surface area contributed by atoms with Crippen LogP contribution in [0, 0.1) is 6.92 Å². The smallest absolute Gasteiger partial charge is 0.366 e. The molecule has 1 atom stereocenters. The van der Waals surface area contributed by atoms with Crippen molar-refractivity contribution in [1.82, 2.24) is 9.88 Å². The SMILES string of the molecule is Cc1cnc(NC2CCN(CC(F)(F)F)C2)cc1C(C)C. The Labute approximate surface area is 123 Å². The first-order valence-corrected chi connectivity index (χ1v) is 7.27. The van der Waals surface area contributed by atoms with Crippen molar-refractivity contribution < 1.29 is 13.2 Å². The summed E-state index contributed by atoms with van der Waals surface area (Å²) in [4.78, 5) is 5.77. The molecule has 1 aromatic heterocycles. The van der Waals surface area contributed by atoms with Gasteiger partial charge in [-0.1, -0.05) is 13.8 Å². The highest BCUT2D eigenvalue weighted by molar-refractivity contribution is 5.43. The number of aryl methyl sites for hydroxylation is 1. The van der Waals surface area contributed by atoms with E-state index in [0.29, 0.717) is 25.4 Å². The van der Waals surface area contributed by atoms with Gasteiger partial charge < -0.3 is 5.32 Å². The Morgan fingerprint density at radius 2 is 2.14 bits per heavy atom. The number of likely N-dealkylation sites (tertiary alicyclic amines) is 1. The van der Waals surface area contributed by atoms with Gasteiger partial charge >= 0.3 is 6.18 Å². The summed E-state index contributed by atoms with van der Waals surface area (Å²) in [6, 6.07) is 2.04. The van der Waals surface area contributed by atoms with E-state index in [1.165, 1.54) is 10.5 Å². The van der Waals surface area contributed by atoms with Crippen LogP contribution in [0.1, 0.15) is 37.3 Å². The standard InChI is InChI=1S/C15H22F3N3/c1-10(2)13-6-14(19-7-11(13)3)20-12-4-5-21(8-12)9-15(16,17)18/h6-7,10,12H,4-5,8-9H2,1-3H3,(H,19,20). The Bertz CT molecular complexity index is 486. The highest BCUT2D eigenvalue weighted by atomic mass is 19.4. The molecule has 1 aliphatic rings. The largest absolute Gasteiger partial charge is 0.401 e. The monoisotopic (exact) mass is 301 g/mol. The third kappa shape index (κ3) is 4.59. The minimum Gasteiger partial charge on any atom is -0.366 e. The normalized spacial score (nSPS) is 20.2. The van der Waals surface area contributed by atoms with Crippen LogP contribution in [-0.2, 0) is 0 Å². The lowest BCUT2D eigenvalue weighted by molar-refractivity contribution is -0.143. The van der Waals surface area contributed by atoms with Crippen LogP contribution in [0.25, 0.3) is 0 Å². The van der Waals surface area contributed by atoms with Gasteiger partial charge in [0.25, 0.3) is 0 Å². The number of halogens is 3. The first kappa shape index (κ1) is 16.1. The highest BCUT2D eigenvalue weighted by Gasteiger charge is 2.34. The fourth-order valence-electron chi connectivity index (χ4n) is 2.80. The Morgan fingerprint density at radius 1 is 1.43 bits per heavy atom. The zero-order valence-corrected chi connectivity index (χ0v) is 12.7. The second-order valence-corrected chi connectivity index (χ2v) is 6.06. The second kappa shape index (κ2) is 6.22. The molecule has 118 valence electrons. The van der Waals surface area contributed by atoms with Crippen molar-refractivity contribution in [1.29, 1.82) is 0 Å². The molecule has 1 saturated heterocycles. The molecular formula is C15H22F3N3. The molecule has 1 N–H and O–H groups in total. The van der Waals surface area contributed by atoms with Gasteiger partial charge in [0.2, 0.25) is 0 Å². The molecule has 1 fully saturated rings. The number of alkyl halides is 3. The third-order valence-corrected chi connectivity index (χ3v) is 3.79. The van der Waals surface area contributed by atoms with Crippen molar-refractivity contribution in [2.45, 2.75) is 45.3 Å². The molecule has 6 heteroatoms. The van der Waals surface area contributed by atoms with Crippen molar-refractivity contribution in [3.8, 4) is 0 Å². The van der Waals surface area contributed by atoms with Crippen LogP contribution in [-0.4, -0.2) is 41.7 Å². The summed E-state index contributed by atoms with van der Waals surface area (Å²) < 4.78 is 37.1. The fraction of sp³-hybridized carbons (Fsp3) is 0.667. The van der Waals surface area contributed by atoms with Crippen LogP contribution < -0.4 is 5.32 Å². The molecule has 0 saturated carbocycles. The molecule has 1 aromatic rings. The number of hydrogen-bond donors (Lipinski definition) is 1. The van der Waals surface area contributed by atoms with Gasteiger partial charge in [-0.25, -0.2) is 4.98 Å². The first-order chi connectivity index (χ1) is 9.74. The molecule has 0 spiro atoms. The van der Waals surface area contributed by atoms with Crippen molar-refractivity contribution in [2.75, 3.05) is 25.0 Å². The molecule has 1 aliphatic heterocycles. The average Bonchev–Trinajstić information content (AvgIpc) is 2.76. The Hall–Kier alpha value is -1.30. The second-order valence-electron chi connectivity index (χ2n) is 6.06. The number of nitrogens with zero attached hydrogens (tertiary/aromatic N) is 2. The van der Waals surface area contributed by atoms with Gasteiger partial charge in [-0.15, -0.1) is 0 Å². The predicted octanol–water partition coefficient (Wildman–Crippen LogP) is 3.56. The Balaban J connectivity index is 1.96. The van der Waals surface area contributed by atoms with Crippen molar-refractivity contribution >= 4 is 5.82 Å². The van der Waals surface area contributed by atoms with Crippen LogP contribution in [0.3, 0.4) is 0 Å². The maximum atomic E-state index is 12.4. The van der Waals surface area contributed by atoms with Crippen LogP contribution in [0.5, 0.6) is 0 Å². The molecule has 1 unspecified atom stereocenters. The zero-order chi connectivity index (χ0) is 15.6. The molecule has 0 bridgehead atoms. The predicted molar refractivity (Wildman–Crippen MR) is 77.6 cm³/mol. The molecular weight excluding hydrogens is 279 g/mol. The fourth-order valence-corrected chi connectivity index (χ4v) is 2.80. The number of nitrogens with one attached hydrogen (secondary N) is 1. The maximum Gasteiger partial charge on any atom is 0.401 e. The number of anilines is 1. The van der Waals surface area contributed by atoms with Gasteiger partial charge in [-0.05, 0) is 36.5 Å². The van der Waals surface area contributed by atoms with E-state index in [-0.39, 0.29) is 6.04 Å². The topological polar surface area (TPSA) is 28.2 Å². The minimum absolute atomic E-state index is 0.0302. The molecule has 0 radical (unpaired) electrons. The van der Waals surface area contributed by atoms with E-state index in [0.717, 1.165) is 11.4 Å². The molecule has 0 aromatic carbocycles. The van der Waals surface area contributed by atoms with E-state index in [1.54, 1.807) is 0 Å². The van der Waals surface area contributed by atoms with Crippen LogP contribution in [0.2, 0.25) is 0 Å². The molecule has 0 aliphatic carbocycles. The van der Waals surface area contributed by atoms with Crippen LogP contribution in [0.4, 0.5) is 19.0 Å². The highest BCUT2D eigenvalue weighted by Crippen LogP contribution is 2.24. The van der Waals surface area contributed by atoms with E-state index in [1.807, 2.05) is 19.2 Å². The van der Waals surface area contributed by atoms with Gasteiger partial charge in [-0.3, -0.25) is 4.90 Å². The number of pyridine rings is 1. The Kier molecular flexibility index (Phi) is 4.76. The quantitative estimate of drug-likeness (QED) is 0.921. The lowest BCUT2D eigenvalue weighted by Gasteiger charge is -2.19. The van der Waals surface area contributed by atoms with Crippen molar-refractivity contribution in [3.05, 3.63) is 23.4 Å². The lowest BCUT2D eigenvalue weighted by atomic mass is 10.00. The molecule has 2 heterocycles. The van der Waals surface area contributed by atoms with Gasteiger partial charge in [0.05, 0.1) is 6.54 Å². The summed E-state index contributed by atoms with van der Waals surface area (Å²) in [6.45, 7) is 6.31. The minimum atomic E-state index is -4.12. The van der Waals surface area contributed by atoms with E-state index in [9.17, 15) is 13.2 Å². The summed E-state index contributed by atoms with van der Waals surface area (Å²) in [5.74, 6) is 1.15. The van der Waals surface area contributed by atoms with Gasteiger partial charge in [0.15, 0.2) is 0 Å². The molecule has 3 nitrogen and oxygen atoms in total. The van der Waals surface area contributed by atoms with Gasteiger partial charge in [0.1, 0.15) is 5.82 Å². The number of rotatable bonds is 4. The summed E-state index contributed by atoms with van der Waals surface area (Å²) in [5, 5.41) is 3.26. The number of aromatic nitrogens is 1. The first-order valence-electron chi connectivity index (χ1n) is 7.27. The summed E-state index contributed by atoms with van der Waals surface area (Å²) in [7, 11) is 0. The third-order valence-electron chi connectivity index (χ3n) is 3.79. The van der Waals surface area contributed by atoms with E-state index in [4.69, 9.17) is 0 Å². The number of hydrogen-bond acceptors (Lipinski definition) is 3. The zero-order valence-electron chi connectivity index (χ0n) is 12.7. The van der Waals surface area contributed by atoms with E-state index < -0.39 is 12.7 Å². The maximum absolute atomic E-state index is 12.4. The lowest BCUT2D eigenvalue weighted by Crippen LogP contribution is -2.34. The average molecular weight is 301 g/mol. The Morgan fingerprint density at radius 3 is 2.76 bits per heavy atom. The van der Waals surface area contributed by atoms with Crippen LogP contribution in [0.15, 0.2) is 12.3 Å². The van der Waals surface area contributed by atoms with E-state index >= 15 is 0 Å². The van der Waals surface area contributed by atoms with Gasteiger partial charge in [-0.2, -0.15) is 13.2 Å². The summed E-state index contributed by atoms with van der Waals surface area (Å²) >= 11 is 0. The van der Waals surface area contributed by atoms with Crippen LogP contribution >= 0.6 is 0 Å². The summed E-state index contributed by atoms with van der Waals surface area (Å²) in [6.07, 6.45) is -1.59. The molecule has 0 amide bonds. The molecule has 2 rings (SSSR count). The van der Waals surface area contributed by atoms with E-state index in [2.05, 4.69) is 24.1 Å². The summed E-state index contributed by atoms with van der Waals surface area (Å²) in [5.41, 5.74) is 2.36. The van der Waals surface area contributed by atoms with Gasteiger partial charge in [0, 0.05) is 25.3 Å². The van der Waals surface area contributed by atoms with Crippen molar-refractivity contribution in [3.63, 3.8) is 0 Å². The van der Waals surface area contributed by atoms with Crippen molar-refractivity contribution in [2.24, 2.45) is 0 Å².